The Morgan fingerprint density at radius 3 is 2.05 bits per heavy atom. The number of hydrogen-bond donors (Lipinski definition) is 0. The van der Waals surface area contributed by atoms with Crippen LogP contribution >= 0.6 is 0 Å². The van der Waals surface area contributed by atoms with Crippen LogP contribution in [0.5, 0.6) is 0 Å². The highest BCUT2D eigenvalue weighted by Gasteiger charge is 2.26. The minimum Gasteiger partial charge on any atom is -0.444 e. The Hall–Kier alpha value is -1.71. The molecule has 1 amide bonds. The van der Waals surface area contributed by atoms with Crippen LogP contribution in [0.25, 0.3) is 0 Å². The van der Waals surface area contributed by atoms with Gasteiger partial charge < -0.3 is 14.5 Å². The SMILES string of the molecule is Cc1cccc(C)c1N1CCN(C(=O)OC(C)(C)C)CC1. The van der Waals surface area contributed by atoms with Gasteiger partial charge in [0.25, 0.3) is 0 Å². The van der Waals surface area contributed by atoms with Crippen LogP contribution in [-0.4, -0.2) is 42.8 Å². The molecule has 0 bridgehead atoms. The van der Waals surface area contributed by atoms with Crippen molar-refractivity contribution in [3.8, 4) is 0 Å². The third kappa shape index (κ3) is 3.90. The zero-order chi connectivity index (χ0) is 15.6. The molecule has 1 fully saturated rings. The monoisotopic (exact) mass is 290 g/mol. The summed E-state index contributed by atoms with van der Waals surface area (Å²) in [7, 11) is 0. The Balaban J connectivity index is 1.99. The maximum Gasteiger partial charge on any atom is 0.410 e. The van der Waals surface area contributed by atoms with Gasteiger partial charge in [0.1, 0.15) is 5.60 Å². The second-order valence-electron chi connectivity index (χ2n) is 6.69. The minimum absolute atomic E-state index is 0.205. The predicted molar refractivity (Wildman–Crippen MR) is 85.9 cm³/mol. The molecule has 0 atom stereocenters. The van der Waals surface area contributed by atoms with E-state index >= 15 is 0 Å². The summed E-state index contributed by atoms with van der Waals surface area (Å²) in [5.41, 5.74) is 3.46. The van der Waals surface area contributed by atoms with Crippen LogP contribution in [0, 0.1) is 13.8 Å². The fourth-order valence-electron chi connectivity index (χ4n) is 2.74. The Labute approximate surface area is 127 Å². The van der Waals surface area contributed by atoms with E-state index in [4.69, 9.17) is 4.74 Å². The van der Waals surface area contributed by atoms with Gasteiger partial charge in [-0.05, 0) is 45.7 Å². The molecule has 4 heteroatoms. The van der Waals surface area contributed by atoms with Crippen molar-refractivity contribution in [3.63, 3.8) is 0 Å². The molecule has 1 heterocycles. The van der Waals surface area contributed by atoms with Crippen LogP contribution in [0.4, 0.5) is 10.5 Å². The van der Waals surface area contributed by atoms with Gasteiger partial charge in [-0.25, -0.2) is 4.79 Å². The van der Waals surface area contributed by atoms with Crippen molar-refractivity contribution in [2.24, 2.45) is 0 Å². The first-order valence-electron chi connectivity index (χ1n) is 7.57. The van der Waals surface area contributed by atoms with E-state index in [0.29, 0.717) is 13.1 Å². The van der Waals surface area contributed by atoms with E-state index in [1.54, 1.807) is 4.90 Å². The molecule has 1 aliphatic rings. The first-order chi connectivity index (χ1) is 9.78. The molecule has 0 saturated carbocycles. The topological polar surface area (TPSA) is 32.8 Å². The van der Waals surface area contributed by atoms with Gasteiger partial charge in [0.2, 0.25) is 0 Å². The first-order valence-corrected chi connectivity index (χ1v) is 7.57. The van der Waals surface area contributed by atoms with Crippen molar-refractivity contribution >= 4 is 11.8 Å². The number of benzene rings is 1. The van der Waals surface area contributed by atoms with E-state index in [-0.39, 0.29) is 6.09 Å². The van der Waals surface area contributed by atoms with Crippen LogP contribution in [0.15, 0.2) is 18.2 Å². The van der Waals surface area contributed by atoms with Crippen molar-refractivity contribution < 1.29 is 9.53 Å². The molecule has 4 nitrogen and oxygen atoms in total. The average Bonchev–Trinajstić information content (AvgIpc) is 2.37. The lowest BCUT2D eigenvalue weighted by molar-refractivity contribution is 0.0240. The largest absolute Gasteiger partial charge is 0.444 e. The molecule has 1 aromatic carbocycles. The second kappa shape index (κ2) is 5.96. The molecule has 1 aliphatic heterocycles. The summed E-state index contributed by atoms with van der Waals surface area (Å²) in [5, 5.41) is 0. The maximum absolute atomic E-state index is 12.1. The molecule has 2 rings (SSSR count). The number of para-hydroxylation sites is 1. The normalized spacial score (nSPS) is 16.0. The highest BCUT2D eigenvalue weighted by molar-refractivity contribution is 5.69. The van der Waals surface area contributed by atoms with E-state index in [2.05, 4.69) is 36.9 Å². The van der Waals surface area contributed by atoms with Crippen molar-refractivity contribution in [1.82, 2.24) is 4.90 Å². The van der Waals surface area contributed by atoms with Gasteiger partial charge in [-0.1, -0.05) is 18.2 Å². The number of amides is 1. The number of anilines is 1. The van der Waals surface area contributed by atoms with Gasteiger partial charge in [0.15, 0.2) is 0 Å². The van der Waals surface area contributed by atoms with Crippen molar-refractivity contribution in [3.05, 3.63) is 29.3 Å². The predicted octanol–water partition coefficient (Wildman–Crippen LogP) is 3.36. The first kappa shape index (κ1) is 15.7. The maximum atomic E-state index is 12.1. The van der Waals surface area contributed by atoms with Gasteiger partial charge in [-0.15, -0.1) is 0 Å². The smallest absolute Gasteiger partial charge is 0.410 e. The summed E-state index contributed by atoms with van der Waals surface area (Å²) in [6.07, 6.45) is -0.205. The summed E-state index contributed by atoms with van der Waals surface area (Å²) in [5.74, 6) is 0. The van der Waals surface area contributed by atoms with Crippen LogP contribution < -0.4 is 4.90 Å². The molecule has 0 N–H and O–H groups in total. The average molecular weight is 290 g/mol. The number of carbonyl (C=O) groups excluding carboxylic acids is 1. The highest BCUT2D eigenvalue weighted by Crippen LogP contribution is 2.25. The van der Waals surface area contributed by atoms with Crippen molar-refractivity contribution in [2.45, 2.75) is 40.2 Å². The fourth-order valence-corrected chi connectivity index (χ4v) is 2.74. The molecule has 1 saturated heterocycles. The number of piperazine rings is 1. The van der Waals surface area contributed by atoms with Crippen LogP contribution in [0.3, 0.4) is 0 Å². The number of ether oxygens (including phenoxy) is 1. The second-order valence-corrected chi connectivity index (χ2v) is 6.69. The summed E-state index contributed by atoms with van der Waals surface area (Å²) in [4.78, 5) is 16.2. The van der Waals surface area contributed by atoms with E-state index in [9.17, 15) is 4.79 Å². The molecule has 116 valence electrons. The number of nitrogens with zero attached hydrogens (tertiary/aromatic N) is 2. The zero-order valence-electron chi connectivity index (χ0n) is 13.8. The Morgan fingerprint density at radius 1 is 1.05 bits per heavy atom. The van der Waals surface area contributed by atoms with Crippen LogP contribution in [0.1, 0.15) is 31.9 Å². The summed E-state index contributed by atoms with van der Waals surface area (Å²) in [6.45, 7) is 13.1. The molecule has 1 aromatic rings. The van der Waals surface area contributed by atoms with Crippen LogP contribution in [0.2, 0.25) is 0 Å². The van der Waals surface area contributed by atoms with Crippen molar-refractivity contribution in [1.29, 1.82) is 0 Å². The summed E-state index contributed by atoms with van der Waals surface area (Å²) < 4.78 is 5.43. The Morgan fingerprint density at radius 2 is 1.57 bits per heavy atom. The third-order valence-electron chi connectivity index (χ3n) is 3.69. The zero-order valence-corrected chi connectivity index (χ0v) is 13.8. The van der Waals surface area contributed by atoms with Gasteiger partial charge in [-0.3, -0.25) is 0 Å². The fraction of sp³-hybridized carbons (Fsp3) is 0.588. The van der Waals surface area contributed by atoms with Gasteiger partial charge in [0, 0.05) is 31.9 Å². The number of aryl methyl sites for hydroxylation is 2. The molecular formula is C17H26N2O2. The van der Waals surface area contributed by atoms with Crippen molar-refractivity contribution in [2.75, 3.05) is 31.1 Å². The van der Waals surface area contributed by atoms with E-state index in [1.165, 1.54) is 16.8 Å². The Bertz CT molecular complexity index is 492. The van der Waals surface area contributed by atoms with Gasteiger partial charge >= 0.3 is 6.09 Å². The lowest BCUT2D eigenvalue weighted by atomic mass is 10.1. The highest BCUT2D eigenvalue weighted by atomic mass is 16.6. The lowest BCUT2D eigenvalue weighted by Crippen LogP contribution is -2.50. The van der Waals surface area contributed by atoms with Gasteiger partial charge in [-0.2, -0.15) is 0 Å². The molecule has 0 spiro atoms. The summed E-state index contributed by atoms with van der Waals surface area (Å²) >= 11 is 0. The number of hydrogen-bond acceptors (Lipinski definition) is 3. The molecule has 0 aromatic heterocycles. The third-order valence-corrected chi connectivity index (χ3v) is 3.69. The molecule has 21 heavy (non-hydrogen) atoms. The standard InChI is InChI=1S/C17H26N2O2/c1-13-7-6-8-14(2)15(13)18-9-11-19(12-10-18)16(20)21-17(3,4)5/h6-8H,9-12H2,1-5H3. The van der Waals surface area contributed by atoms with Crippen LogP contribution in [-0.2, 0) is 4.74 Å². The van der Waals surface area contributed by atoms with Gasteiger partial charge in [0.05, 0.1) is 0 Å². The van der Waals surface area contributed by atoms with E-state index < -0.39 is 5.60 Å². The Kier molecular flexibility index (Phi) is 4.45. The molecular weight excluding hydrogens is 264 g/mol. The number of carbonyl (C=O) groups is 1. The molecule has 0 radical (unpaired) electrons. The number of rotatable bonds is 1. The van der Waals surface area contributed by atoms with E-state index in [1.807, 2.05) is 20.8 Å². The molecule has 0 aliphatic carbocycles. The quantitative estimate of drug-likeness (QED) is 0.795. The molecule has 0 unspecified atom stereocenters. The summed E-state index contributed by atoms with van der Waals surface area (Å²) in [6, 6.07) is 6.37. The minimum atomic E-state index is -0.430. The lowest BCUT2D eigenvalue weighted by Gasteiger charge is -2.38. The van der Waals surface area contributed by atoms with E-state index in [0.717, 1.165) is 13.1 Å².